The number of hydrogen-bond donors (Lipinski definition) is 0. The van der Waals surface area contributed by atoms with E-state index in [1.165, 1.54) is 25.3 Å². The van der Waals surface area contributed by atoms with Gasteiger partial charge in [0, 0.05) is 17.4 Å². The van der Waals surface area contributed by atoms with Crippen LogP contribution in [0.25, 0.3) is 0 Å². The number of methoxy groups -OCH3 is 1. The number of carbonyl (C=O) groups is 1. The first kappa shape index (κ1) is 16.9. The van der Waals surface area contributed by atoms with Crippen molar-refractivity contribution in [2.45, 2.75) is 6.18 Å². The first-order chi connectivity index (χ1) is 9.28. The summed E-state index contributed by atoms with van der Waals surface area (Å²) in [6.45, 7) is -1.59. The molecular weight excluding hydrogens is 318 g/mol. The Hall–Kier alpha value is -1.14. The summed E-state index contributed by atoms with van der Waals surface area (Å²) in [5.74, 6) is -0.793. The van der Waals surface area contributed by atoms with Crippen molar-refractivity contribution < 1.29 is 22.7 Å². The van der Waals surface area contributed by atoms with E-state index < -0.39 is 18.6 Å². The van der Waals surface area contributed by atoms with Crippen molar-refractivity contribution in [1.82, 2.24) is 4.90 Å². The van der Waals surface area contributed by atoms with E-state index in [0.717, 1.165) is 0 Å². The Morgan fingerprint density at radius 1 is 1.40 bits per heavy atom. The molecule has 1 amide bonds. The van der Waals surface area contributed by atoms with Gasteiger partial charge >= 0.3 is 6.18 Å². The zero-order valence-electron chi connectivity index (χ0n) is 10.5. The van der Waals surface area contributed by atoms with Gasteiger partial charge in [-0.1, -0.05) is 11.6 Å². The summed E-state index contributed by atoms with van der Waals surface area (Å²) < 4.78 is 42.3. The second kappa shape index (κ2) is 7.04. The number of halogens is 5. The molecule has 0 aliphatic rings. The maximum Gasteiger partial charge on any atom is 0.406 e. The van der Waals surface area contributed by atoms with Crippen molar-refractivity contribution in [1.29, 1.82) is 0 Å². The summed E-state index contributed by atoms with van der Waals surface area (Å²) in [6.07, 6.45) is -4.50. The predicted molar refractivity (Wildman–Crippen MR) is 70.7 cm³/mol. The number of benzene rings is 1. The second-order valence-electron chi connectivity index (χ2n) is 3.88. The summed E-state index contributed by atoms with van der Waals surface area (Å²) in [6, 6.07) is 4.09. The molecule has 1 aromatic rings. The molecule has 0 unspecified atom stereocenters. The fourth-order valence-electron chi connectivity index (χ4n) is 1.58. The average Bonchev–Trinajstić information content (AvgIpc) is 2.35. The fourth-order valence-corrected chi connectivity index (χ4v) is 1.95. The van der Waals surface area contributed by atoms with Crippen LogP contribution >= 0.6 is 23.2 Å². The van der Waals surface area contributed by atoms with Crippen LogP contribution < -0.4 is 4.74 Å². The van der Waals surface area contributed by atoms with Crippen molar-refractivity contribution in [3.05, 3.63) is 28.8 Å². The zero-order chi connectivity index (χ0) is 15.3. The maximum atomic E-state index is 12.5. The Kier molecular flexibility index (Phi) is 5.95. The summed E-state index contributed by atoms with van der Waals surface area (Å²) in [7, 11) is 1.30. The van der Waals surface area contributed by atoms with E-state index in [4.69, 9.17) is 27.9 Å². The highest BCUT2D eigenvalue weighted by molar-refractivity contribution is 6.30. The minimum Gasteiger partial charge on any atom is -0.496 e. The van der Waals surface area contributed by atoms with Gasteiger partial charge in [-0.2, -0.15) is 13.2 Å². The molecular formula is C12H12Cl2F3NO2. The standard InChI is InChI=1S/C12H12Cl2F3NO2/c1-20-10-6-8(14)2-3-9(10)11(19)18(5-4-13)7-12(15,16)17/h2-3,6H,4-5,7H2,1H3. The molecule has 20 heavy (non-hydrogen) atoms. The largest absolute Gasteiger partial charge is 0.496 e. The van der Waals surface area contributed by atoms with Gasteiger partial charge in [0.1, 0.15) is 12.3 Å². The molecule has 0 N–H and O–H groups in total. The maximum absolute atomic E-state index is 12.5. The molecule has 0 atom stereocenters. The highest BCUT2D eigenvalue weighted by Crippen LogP contribution is 2.26. The number of rotatable bonds is 5. The van der Waals surface area contributed by atoms with Gasteiger partial charge in [-0.25, -0.2) is 0 Å². The van der Waals surface area contributed by atoms with Gasteiger partial charge in [-0.05, 0) is 18.2 Å². The van der Waals surface area contributed by atoms with Crippen LogP contribution in [0.1, 0.15) is 10.4 Å². The zero-order valence-corrected chi connectivity index (χ0v) is 12.0. The Labute approximate surface area is 124 Å². The third kappa shape index (κ3) is 4.76. The van der Waals surface area contributed by atoms with E-state index in [0.29, 0.717) is 9.92 Å². The number of carbonyl (C=O) groups excluding carboxylic acids is 1. The highest BCUT2D eigenvalue weighted by atomic mass is 35.5. The Morgan fingerprint density at radius 3 is 2.55 bits per heavy atom. The average molecular weight is 330 g/mol. The lowest BCUT2D eigenvalue weighted by molar-refractivity contribution is -0.140. The van der Waals surface area contributed by atoms with E-state index in [2.05, 4.69) is 0 Å². The minimum atomic E-state index is -4.50. The van der Waals surface area contributed by atoms with Gasteiger partial charge in [0.2, 0.25) is 0 Å². The van der Waals surface area contributed by atoms with Crippen LogP contribution in [0.15, 0.2) is 18.2 Å². The van der Waals surface area contributed by atoms with Crippen LogP contribution in [0, 0.1) is 0 Å². The first-order valence-electron chi connectivity index (χ1n) is 5.54. The molecule has 0 aliphatic carbocycles. The Balaban J connectivity index is 3.06. The number of hydrogen-bond acceptors (Lipinski definition) is 2. The van der Waals surface area contributed by atoms with Gasteiger partial charge in [0.05, 0.1) is 12.7 Å². The molecule has 1 aromatic carbocycles. The first-order valence-corrected chi connectivity index (χ1v) is 6.45. The van der Waals surface area contributed by atoms with Gasteiger partial charge < -0.3 is 9.64 Å². The van der Waals surface area contributed by atoms with Gasteiger partial charge in [0.25, 0.3) is 5.91 Å². The van der Waals surface area contributed by atoms with Crippen LogP contribution in [-0.4, -0.2) is 43.1 Å². The van der Waals surface area contributed by atoms with Crippen molar-refractivity contribution in [3.8, 4) is 5.75 Å². The fraction of sp³-hybridized carbons (Fsp3) is 0.417. The topological polar surface area (TPSA) is 29.5 Å². The van der Waals surface area contributed by atoms with Crippen molar-refractivity contribution >= 4 is 29.1 Å². The van der Waals surface area contributed by atoms with Gasteiger partial charge in [-0.15, -0.1) is 11.6 Å². The summed E-state index contributed by atoms with van der Waals surface area (Å²) in [4.78, 5) is 12.8. The number of amides is 1. The molecule has 0 saturated carbocycles. The molecule has 1 rings (SSSR count). The smallest absolute Gasteiger partial charge is 0.406 e. The van der Waals surface area contributed by atoms with Crippen molar-refractivity contribution in [2.75, 3.05) is 26.1 Å². The Morgan fingerprint density at radius 2 is 2.05 bits per heavy atom. The van der Waals surface area contributed by atoms with Crippen molar-refractivity contribution in [3.63, 3.8) is 0 Å². The molecule has 0 radical (unpaired) electrons. The number of nitrogens with zero attached hydrogens (tertiary/aromatic N) is 1. The second-order valence-corrected chi connectivity index (χ2v) is 4.69. The molecule has 0 saturated heterocycles. The number of alkyl halides is 4. The lowest BCUT2D eigenvalue weighted by Gasteiger charge is -2.23. The van der Waals surface area contributed by atoms with Gasteiger partial charge in [-0.3, -0.25) is 4.79 Å². The monoisotopic (exact) mass is 329 g/mol. The third-order valence-corrected chi connectivity index (χ3v) is 2.81. The van der Waals surface area contributed by atoms with Crippen LogP contribution in [0.2, 0.25) is 5.02 Å². The summed E-state index contributed by atoms with van der Waals surface area (Å²) in [5.41, 5.74) is 0.00580. The van der Waals surface area contributed by atoms with E-state index >= 15 is 0 Å². The highest BCUT2D eigenvalue weighted by Gasteiger charge is 2.33. The molecule has 3 nitrogen and oxygen atoms in total. The molecule has 112 valence electrons. The summed E-state index contributed by atoms with van der Waals surface area (Å²) >= 11 is 11.2. The quantitative estimate of drug-likeness (QED) is 0.772. The van der Waals surface area contributed by atoms with E-state index in [1.54, 1.807) is 0 Å². The van der Waals surface area contributed by atoms with E-state index in [9.17, 15) is 18.0 Å². The molecule has 0 bridgehead atoms. The molecule has 0 aliphatic heterocycles. The third-order valence-electron chi connectivity index (χ3n) is 2.41. The lowest BCUT2D eigenvalue weighted by Crippen LogP contribution is -2.40. The lowest BCUT2D eigenvalue weighted by atomic mass is 10.1. The molecule has 0 aromatic heterocycles. The minimum absolute atomic E-state index is 0.00580. The van der Waals surface area contributed by atoms with Crippen LogP contribution in [0.5, 0.6) is 5.75 Å². The molecule has 0 fully saturated rings. The molecule has 0 heterocycles. The normalized spacial score (nSPS) is 11.3. The number of ether oxygens (including phenoxy) is 1. The molecule has 0 spiro atoms. The predicted octanol–water partition coefficient (Wildman–Crippen LogP) is 3.59. The van der Waals surface area contributed by atoms with Crippen LogP contribution in [-0.2, 0) is 0 Å². The van der Waals surface area contributed by atoms with Crippen molar-refractivity contribution in [2.24, 2.45) is 0 Å². The van der Waals surface area contributed by atoms with Crippen LogP contribution in [0.4, 0.5) is 13.2 Å². The Bertz CT molecular complexity index is 480. The van der Waals surface area contributed by atoms with Gasteiger partial charge in [0.15, 0.2) is 0 Å². The van der Waals surface area contributed by atoms with E-state index in [1.807, 2.05) is 0 Å². The SMILES string of the molecule is COc1cc(Cl)ccc1C(=O)N(CCCl)CC(F)(F)F. The van der Waals surface area contributed by atoms with Crippen LogP contribution in [0.3, 0.4) is 0 Å². The summed E-state index contributed by atoms with van der Waals surface area (Å²) in [5, 5.41) is 0.318. The van der Waals surface area contributed by atoms with E-state index in [-0.39, 0.29) is 23.7 Å². The molecule has 8 heteroatoms.